The first kappa shape index (κ1) is 13.8. The van der Waals surface area contributed by atoms with E-state index in [0.717, 1.165) is 5.70 Å². The SMILES string of the molecule is C/C=C(\CC(=O)c1ccncc1)Nc1ccccc1O. The minimum Gasteiger partial charge on any atom is -0.506 e. The molecule has 0 radical (unpaired) electrons. The summed E-state index contributed by atoms with van der Waals surface area (Å²) in [7, 11) is 0. The number of hydrogen-bond donors (Lipinski definition) is 2. The molecule has 4 nitrogen and oxygen atoms in total. The first-order valence-electron chi connectivity index (χ1n) is 6.34. The van der Waals surface area contributed by atoms with Gasteiger partial charge in [-0.2, -0.15) is 0 Å². The molecule has 2 aromatic rings. The molecule has 0 aliphatic rings. The highest BCUT2D eigenvalue weighted by molar-refractivity contribution is 5.97. The van der Waals surface area contributed by atoms with E-state index in [1.165, 1.54) is 0 Å². The maximum atomic E-state index is 12.1. The summed E-state index contributed by atoms with van der Waals surface area (Å²) in [6.45, 7) is 1.85. The van der Waals surface area contributed by atoms with Crippen molar-refractivity contribution in [2.45, 2.75) is 13.3 Å². The number of carbonyl (C=O) groups is 1. The number of phenolic OH excluding ortho intramolecular Hbond substituents is 1. The number of hydrogen-bond acceptors (Lipinski definition) is 4. The second-order valence-corrected chi connectivity index (χ2v) is 4.29. The van der Waals surface area contributed by atoms with Gasteiger partial charge in [0.05, 0.1) is 12.1 Å². The molecule has 0 saturated heterocycles. The molecule has 0 atom stereocenters. The lowest BCUT2D eigenvalue weighted by molar-refractivity contribution is 0.0993. The molecule has 0 saturated carbocycles. The number of phenols is 1. The molecule has 2 N–H and O–H groups in total. The second kappa shape index (κ2) is 6.52. The average molecular weight is 268 g/mol. The quantitative estimate of drug-likeness (QED) is 0.644. The highest BCUT2D eigenvalue weighted by Gasteiger charge is 2.09. The van der Waals surface area contributed by atoms with Crippen molar-refractivity contribution >= 4 is 11.5 Å². The number of nitrogens with zero attached hydrogens (tertiary/aromatic N) is 1. The third-order valence-corrected chi connectivity index (χ3v) is 2.90. The Bertz CT molecular complexity index is 621. The number of aromatic hydroxyl groups is 1. The second-order valence-electron chi connectivity index (χ2n) is 4.29. The summed E-state index contributed by atoms with van der Waals surface area (Å²) in [6.07, 6.45) is 5.26. The van der Waals surface area contributed by atoms with Crippen LogP contribution in [0.5, 0.6) is 5.75 Å². The van der Waals surface area contributed by atoms with E-state index in [2.05, 4.69) is 10.3 Å². The van der Waals surface area contributed by atoms with Crippen LogP contribution in [0, 0.1) is 0 Å². The van der Waals surface area contributed by atoms with Crippen LogP contribution in [-0.2, 0) is 0 Å². The summed E-state index contributed by atoms with van der Waals surface area (Å²) in [5, 5.41) is 12.8. The fraction of sp³-hybridized carbons (Fsp3) is 0.125. The van der Waals surface area contributed by atoms with Crippen molar-refractivity contribution < 1.29 is 9.90 Å². The lowest BCUT2D eigenvalue weighted by Gasteiger charge is -2.11. The lowest BCUT2D eigenvalue weighted by atomic mass is 10.1. The van der Waals surface area contributed by atoms with E-state index in [1.807, 2.05) is 19.1 Å². The Labute approximate surface area is 117 Å². The van der Waals surface area contributed by atoms with Crippen LogP contribution in [-0.4, -0.2) is 15.9 Å². The van der Waals surface area contributed by atoms with E-state index in [-0.39, 0.29) is 18.0 Å². The molecule has 0 fully saturated rings. The highest BCUT2D eigenvalue weighted by atomic mass is 16.3. The van der Waals surface area contributed by atoms with Gasteiger partial charge >= 0.3 is 0 Å². The van der Waals surface area contributed by atoms with E-state index in [1.54, 1.807) is 42.7 Å². The molecule has 0 aliphatic heterocycles. The first-order valence-corrected chi connectivity index (χ1v) is 6.34. The molecule has 20 heavy (non-hydrogen) atoms. The van der Waals surface area contributed by atoms with Crippen LogP contribution in [0.3, 0.4) is 0 Å². The molecular formula is C16H16N2O2. The zero-order valence-corrected chi connectivity index (χ0v) is 11.2. The van der Waals surface area contributed by atoms with Gasteiger partial charge in [0.15, 0.2) is 5.78 Å². The lowest BCUT2D eigenvalue weighted by Crippen LogP contribution is -2.07. The number of allylic oxidation sites excluding steroid dienone is 2. The van der Waals surface area contributed by atoms with E-state index >= 15 is 0 Å². The van der Waals surface area contributed by atoms with Crippen molar-refractivity contribution in [3.8, 4) is 5.75 Å². The minimum absolute atomic E-state index is 0.00317. The van der Waals surface area contributed by atoms with Gasteiger partial charge in [0, 0.05) is 23.7 Å². The molecule has 0 aliphatic carbocycles. The number of para-hydroxylation sites is 2. The van der Waals surface area contributed by atoms with Crippen LogP contribution in [0.1, 0.15) is 23.7 Å². The first-order chi connectivity index (χ1) is 9.70. The zero-order valence-electron chi connectivity index (χ0n) is 11.2. The third kappa shape index (κ3) is 3.45. The number of pyridine rings is 1. The number of rotatable bonds is 5. The predicted molar refractivity (Wildman–Crippen MR) is 78.7 cm³/mol. The highest BCUT2D eigenvalue weighted by Crippen LogP contribution is 2.24. The standard InChI is InChI=1S/C16H16N2O2/c1-2-13(18-14-5-3-4-6-15(14)19)11-16(20)12-7-9-17-10-8-12/h2-10,18-19H,11H2,1H3/b13-2+. The summed E-state index contributed by atoms with van der Waals surface area (Å²) in [6, 6.07) is 10.3. The van der Waals surface area contributed by atoms with Crippen molar-refractivity contribution in [2.24, 2.45) is 0 Å². The molecule has 0 bridgehead atoms. The normalized spacial score (nSPS) is 11.2. The van der Waals surface area contributed by atoms with Gasteiger partial charge in [0.1, 0.15) is 5.75 Å². The molecule has 2 rings (SSSR count). The number of carbonyl (C=O) groups excluding carboxylic acids is 1. The van der Waals surface area contributed by atoms with Gasteiger partial charge in [-0.1, -0.05) is 18.2 Å². The Hall–Kier alpha value is -2.62. The summed E-state index contributed by atoms with van der Waals surface area (Å²) < 4.78 is 0. The maximum Gasteiger partial charge on any atom is 0.168 e. The summed E-state index contributed by atoms with van der Waals surface area (Å²) >= 11 is 0. The largest absolute Gasteiger partial charge is 0.506 e. The Balaban J connectivity index is 2.08. The van der Waals surface area contributed by atoms with Gasteiger partial charge in [0.25, 0.3) is 0 Å². The molecular weight excluding hydrogens is 252 g/mol. The molecule has 0 unspecified atom stereocenters. The van der Waals surface area contributed by atoms with Crippen LogP contribution in [0.15, 0.2) is 60.6 Å². The Kier molecular flexibility index (Phi) is 4.50. The average Bonchev–Trinajstić information content (AvgIpc) is 2.49. The number of ketones is 1. The Morgan fingerprint density at radius 1 is 1.25 bits per heavy atom. The van der Waals surface area contributed by atoms with E-state index in [4.69, 9.17) is 0 Å². The van der Waals surface area contributed by atoms with Crippen LogP contribution >= 0.6 is 0 Å². The molecule has 0 amide bonds. The summed E-state index contributed by atoms with van der Waals surface area (Å²) in [4.78, 5) is 16.0. The number of nitrogens with one attached hydrogen (secondary N) is 1. The summed E-state index contributed by atoms with van der Waals surface area (Å²) in [5.74, 6) is 0.159. The molecule has 1 aromatic carbocycles. The van der Waals surface area contributed by atoms with E-state index in [9.17, 15) is 9.90 Å². The van der Waals surface area contributed by atoms with Crippen molar-refractivity contribution in [2.75, 3.05) is 5.32 Å². The Morgan fingerprint density at radius 3 is 2.60 bits per heavy atom. The van der Waals surface area contributed by atoms with Crippen molar-refractivity contribution in [1.82, 2.24) is 4.98 Å². The van der Waals surface area contributed by atoms with Crippen molar-refractivity contribution in [3.63, 3.8) is 0 Å². The maximum absolute atomic E-state index is 12.1. The smallest absolute Gasteiger partial charge is 0.168 e. The summed E-state index contributed by atoms with van der Waals surface area (Å²) in [5.41, 5.74) is 1.95. The van der Waals surface area contributed by atoms with Crippen molar-refractivity contribution in [3.05, 3.63) is 66.1 Å². The van der Waals surface area contributed by atoms with Gasteiger partial charge < -0.3 is 10.4 Å². The molecule has 102 valence electrons. The number of benzene rings is 1. The van der Waals surface area contributed by atoms with E-state index in [0.29, 0.717) is 11.3 Å². The fourth-order valence-electron chi connectivity index (χ4n) is 1.78. The monoisotopic (exact) mass is 268 g/mol. The van der Waals surface area contributed by atoms with Crippen molar-refractivity contribution in [1.29, 1.82) is 0 Å². The molecule has 0 spiro atoms. The fourth-order valence-corrected chi connectivity index (χ4v) is 1.78. The van der Waals surface area contributed by atoms with Gasteiger partial charge in [0.2, 0.25) is 0 Å². The van der Waals surface area contributed by atoms with Gasteiger partial charge in [-0.05, 0) is 31.2 Å². The number of Topliss-reactive ketones (excluding diaryl/α,β-unsaturated/α-hetero) is 1. The molecule has 1 aromatic heterocycles. The Morgan fingerprint density at radius 2 is 1.95 bits per heavy atom. The number of aromatic nitrogens is 1. The molecule has 1 heterocycles. The topological polar surface area (TPSA) is 62.2 Å². The van der Waals surface area contributed by atoms with Crippen LogP contribution in [0.2, 0.25) is 0 Å². The van der Waals surface area contributed by atoms with Gasteiger partial charge in [-0.3, -0.25) is 9.78 Å². The predicted octanol–water partition coefficient (Wildman–Crippen LogP) is 3.38. The zero-order chi connectivity index (χ0) is 14.4. The van der Waals surface area contributed by atoms with Gasteiger partial charge in [-0.25, -0.2) is 0 Å². The number of anilines is 1. The third-order valence-electron chi connectivity index (χ3n) is 2.90. The van der Waals surface area contributed by atoms with Crippen LogP contribution in [0.25, 0.3) is 0 Å². The molecule has 4 heteroatoms. The van der Waals surface area contributed by atoms with Gasteiger partial charge in [-0.15, -0.1) is 0 Å². The van der Waals surface area contributed by atoms with Crippen LogP contribution in [0.4, 0.5) is 5.69 Å². The van der Waals surface area contributed by atoms with E-state index < -0.39 is 0 Å². The van der Waals surface area contributed by atoms with Crippen LogP contribution < -0.4 is 5.32 Å². The minimum atomic E-state index is 0.00317.